The highest BCUT2D eigenvalue weighted by molar-refractivity contribution is 7.90. The van der Waals surface area contributed by atoms with Gasteiger partial charge >= 0.3 is 0 Å². The summed E-state index contributed by atoms with van der Waals surface area (Å²) in [5.41, 5.74) is 2.06. The van der Waals surface area contributed by atoms with Gasteiger partial charge in [-0.2, -0.15) is 0 Å². The molecule has 0 aliphatic heterocycles. The van der Waals surface area contributed by atoms with Crippen molar-refractivity contribution in [2.45, 2.75) is 13.8 Å². The molecule has 6 heteroatoms. The van der Waals surface area contributed by atoms with E-state index in [9.17, 15) is 8.42 Å². The lowest BCUT2D eigenvalue weighted by Gasteiger charge is -2.11. The lowest BCUT2D eigenvalue weighted by atomic mass is 10.1. The molecule has 0 aliphatic carbocycles. The Balaban J connectivity index is 2.90. The highest BCUT2D eigenvalue weighted by Gasteiger charge is 2.09. The third-order valence-electron chi connectivity index (χ3n) is 2.39. The normalized spacial score (nSPS) is 12.5. The highest BCUT2D eigenvalue weighted by atomic mass is 32.2. The molecule has 1 aromatic carbocycles. The Kier molecular flexibility index (Phi) is 4.72. The molecule has 0 heterocycles. The first-order valence-electron chi connectivity index (χ1n) is 5.43. The van der Waals surface area contributed by atoms with E-state index in [1.54, 1.807) is 19.1 Å². The Labute approximate surface area is 107 Å². The summed E-state index contributed by atoms with van der Waals surface area (Å²) in [5.74, 6) is 0.476. The van der Waals surface area contributed by atoms with Gasteiger partial charge in [0.2, 0.25) is 0 Å². The Hall–Kier alpha value is -1.56. The van der Waals surface area contributed by atoms with E-state index in [1.165, 1.54) is 0 Å². The van der Waals surface area contributed by atoms with Crippen LogP contribution in [0.3, 0.4) is 0 Å². The minimum Gasteiger partial charge on any atom is -0.492 e. The molecule has 0 unspecified atom stereocenters. The maximum atomic E-state index is 11.0. The number of oxime groups is 1. The second-order valence-electron chi connectivity index (χ2n) is 4.16. The number of hydrogen-bond acceptors (Lipinski definition) is 5. The van der Waals surface area contributed by atoms with Crippen LogP contribution in [0.1, 0.15) is 18.1 Å². The fraction of sp³-hybridized carbons (Fsp3) is 0.417. The van der Waals surface area contributed by atoms with E-state index >= 15 is 0 Å². The van der Waals surface area contributed by atoms with Crippen molar-refractivity contribution in [1.82, 2.24) is 0 Å². The summed E-state index contributed by atoms with van der Waals surface area (Å²) in [4.78, 5) is 0. The number of benzene rings is 1. The van der Waals surface area contributed by atoms with E-state index < -0.39 is 9.84 Å². The molecular formula is C12H17NO4S. The summed E-state index contributed by atoms with van der Waals surface area (Å²) in [7, 11) is -3.05. The molecule has 1 rings (SSSR count). The van der Waals surface area contributed by atoms with E-state index in [0.717, 1.165) is 11.8 Å². The molecule has 0 amide bonds. The summed E-state index contributed by atoms with van der Waals surface area (Å²) in [6.45, 7) is 3.63. The van der Waals surface area contributed by atoms with Crippen molar-refractivity contribution in [1.29, 1.82) is 0 Å². The van der Waals surface area contributed by atoms with Gasteiger partial charge in [0.25, 0.3) is 0 Å². The second-order valence-corrected chi connectivity index (χ2v) is 6.42. The zero-order valence-corrected chi connectivity index (χ0v) is 11.5. The average Bonchev–Trinajstić information content (AvgIpc) is 2.26. The van der Waals surface area contributed by atoms with Gasteiger partial charge in [-0.05, 0) is 31.5 Å². The molecule has 100 valence electrons. The third-order valence-corrected chi connectivity index (χ3v) is 3.30. The minimum absolute atomic E-state index is 0.0459. The molecule has 0 aliphatic rings. The van der Waals surface area contributed by atoms with Crippen LogP contribution in [0, 0.1) is 6.92 Å². The minimum atomic E-state index is -3.05. The molecule has 0 spiro atoms. The molecule has 0 atom stereocenters. The average molecular weight is 271 g/mol. The summed E-state index contributed by atoms with van der Waals surface area (Å²) in [5, 5.41) is 11.9. The van der Waals surface area contributed by atoms with Gasteiger partial charge in [-0.25, -0.2) is 8.42 Å². The topological polar surface area (TPSA) is 76.0 Å². The zero-order valence-electron chi connectivity index (χ0n) is 10.7. The predicted octanol–water partition coefficient (Wildman–Crippen LogP) is 1.62. The molecule has 1 aromatic rings. The van der Waals surface area contributed by atoms with Crippen LogP contribution in [0.2, 0.25) is 0 Å². The molecule has 0 saturated carbocycles. The predicted molar refractivity (Wildman–Crippen MR) is 70.4 cm³/mol. The maximum absolute atomic E-state index is 11.0. The number of hydrogen-bond donors (Lipinski definition) is 1. The molecule has 0 aromatic heterocycles. The Morgan fingerprint density at radius 3 is 2.67 bits per heavy atom. The van der Waals surface area contributed by atoms with Crippen molar-refractivity contribution in [3.8, 4) is 5.75 Å². The first kappa shape index (κ1) is 14.5. The third kappa shape index (κ3) is 4.37. The van der Waals surface area contributed by atoms with Gasteiger partial charge in [-0.1, -0.05) is 11.2 Å². The number of nitrogens with zero attached hydrogens (tertiary/aromatic N) is 1. The van der Waals surface area contributed by atoms with Gasteiger partial charge in [0.1, 0.15) is 12.4 Å². The van der Waals surface area contributed by atoms with E-state index in [-0.39, 0.29) is 12.4 Å². The summed E-state index contributed by atoms with van der Waals surface area (Å²) < 4.78 is 27.5. The smallest absolute Gasteiger partial charge is 0.150 e. The second kappa shape index (κ2) is 5.86. The summed E-state index contributed by atoms with van der Waals surface area (Å²) in [6.07, 6.45) is 1.16. The SMILES string of the molecule is C/C(=N\O)c1ccc(C)cc1OCCS(C)(=O)=O. The molecule has 0 saturated heterocycles. The number of rotatable bonds is 5. The van der Waals surface area contributed by atoms with Crippen LogP contribution in [-0.2, 0) is 9.84 Å². The lowest BCUT2D eigenvalue weighted by molar-refractivity contribution is 0.317. The van der Waals surface area contributed by atoms with Crippen LogP contribution >= 0.6 is 0 Å². The van der Waals surface area contributed by atoms with Crippen LogP contribution in [0.5, 0.6) is 5.75 Å². The Morgan fingerprint density at radius 2 is 2.11 bits per heavy atom. The zero-order chi connectivity index (χ0) is 13.8. The van der Waals surface area contributed by atoms with Crippen LogP contribution < -0.4 is 4.74 Å². The summed E-state index contributed by atoms with van der Waals surface area (Å²) >= 11 is 0. The standard InChI is InChI=1S/C12H17NO4S/c1-9-4-5-11(10(2)13-14)12(8-9)17-6-7-18(3,15)16/h4-5,8,14H,6-7H2,1-3H3/b13-10+. The van der Waals surface area contributed by atoms with Crippen molar-refractivity contribution in [2.75, 3.05) is 18.6 Å². The van der Waals surface area contributed by atoms with Crippen LogP contribution in [0.25, 0.3) is 0 Å². The number of ether oxygens (including phenoxy) is 1. The Bertz CT molecular complexity index is 549. The number of sulfone groups is 1. The molecule has 1 N–H and O–H groups in total. The van der Waals surface area contributed by atoms with Gasteiger partial charge < -0.3 is 9.94 Å². The lowest BCUT2D eigenvalue weighted by Crippen LogP contribution is -2.13. The quantitative estimate of drug-likeness (QED) is 0.501. The van der Waals surface area contributed by atoms with Gasteiger partial charge in [-0.15, -0.1) is 0 Å². The maximum Gasteiger partial charge on any atom is 0.150 e. The van der Waals surface area contributed by atoms with E-state index in [2.05, 4.69) is 5.16 Å². The van der Waals surface area contributed by atoms with E-state index in [4.69, 9.17) is 9.94 Å². The fourth-order valence-electron chi connectivity index (χ4n) is 1.40. The largest absolute Gasteiger partial charge is 0.492 e. The molecule has 0 fully saturated rings. The van der Waals surface area contributed by atoms with Crippen molar-refractivity contribution >= 4 is 15.5 Å². The van der Waals surface area contributed by atoms with Crippen molar-refractivity contribution in [3.05, 3.63) is 29.3 Å². The van der Waals surface area contributed by atoms with Crippen LogP contribution in [0.15, 0.2) is 23.4 Å². The Morgan fingerprint density at radius 1 is 1.44 bits per heavy atom. The highest BCUT2D eigenvalue weighted by Crippen LogP contribution is 2.21. The van der Waals surface area contributed by atoms with Crippen molar-refractivity contribution < 1.29 is 18.4 Å². The number of aryl methyl sites for hydroxylation is 1. The van der Waals surface area contributed by atoms with Gasteiger partial charge in [0.05, 0.1) is 11.5 Å². The molecule has 0 bridgehead atoms. The summed E-state index contributed by atoms with van der Waals surface area (Å²) in [6, 6.07) is 5.43. The van der Waals surface area contributed by atoms with Gasteiger partial charge in [-0.3, -0.25) is 0 Å². The van der Waals surface area contributed by atoms with Crippen molar-refractivity contribution in [2.24, 2.45) is 5.16 Å². The molecule has 0 radical (unpaired) electrons. The molecule has 5 nitrogen and oxygen atoms in total. The monoisotopic (exact) mass is 271 g/mol. The van der Waals surface area contributed by atoms with E-state index in [0.29, 0.717) is 17.0 Å². The first-order valence-corrected chi connectivity index (χ1v) is 7.50. The molecular weight excluding hydrogens is 254 g/mol. The first-order chi connectivity index (χ1) is 8.33. The van der Waals surface area contributed by atoms with Crippen LogP contribution in [-0.4, -0.2) is 38.0 Å². The van der Waals surface area contributed by atoms with Gasteiger partial charge in [0.15, 0.2) is 9.84 Å². The molecule has 18 heavy (non-hydrogen) atoms. The van der Waals surface area contributed by atoms with E-state index in [1.807, 2.05) is 13.0 Å². The van der Waals surface area contributed by atoms with Crippen molar-refractivity contribution in [3.63, 3.8) is 0 Å². The fourth-order valence-corrected chi connectivity index (χ4v) is 1.79. The van der Waals surface area contributed by atoms with Crippen LogP contribution in [0.4, 0.5) is 0 Å². The van der Waals surface area contributed by atoms with Gasteiger partial charge in [0, 0.05) is 11.8 Å².